The zero-order valence-corrected chi connectivity index (χ0v) is 13.6. The Bertz CT molecular complexity index is 541. The number of alkyl halides is 1. The summed E-state index contributed by atoms with van der Waals surface area (Å²) < 4.78 is 26.3. The van der Waals surface area contributed by atoms with Crippen molar-refractivity contribution < 1.29 is 8.42 Å². The van der Waals surface area contributed by atoms with Gasteiger partial charge in [0.05, 0.1) is 4.90 Å². The summed E-state index contributed by atoms with van der Waals surface area (Å²) in [5.41, 5.74) is 1.13. The van der Waals surface area contributed by atoms with E-state index < -0.39 is 10.0 Å². The standard InChI is InChI=1S/C15H22ClNO2S/c1-12-10-14(12)11-17(2)20(18,19)15-7-5-13(6-8-15)4-3-9-16/h5-8,12,14H,3-4,9-11H2,1-2H3. The van der Waals surface area contributed by atoms with Crippen molar-refractivity contribution in [2.45, 2.75) is 31.1 Å². The molecule has 0 N–H and O–H groups in total. The van der Waals surface area contributed by atoms with Crippen molar-refractivity contribution in [2.75, 3.05) is 19.5 Å². The average molecular weight is 316 g/mol. The molecule has 0 spiro atoms. The molecule has 1 aromatic carbocycles. The second-order valence-corrected chi connectivity index (χ2v) is 8.12. The molecule has 0 radical (unpaired) electrons. The van der Waals surface area contributed by atoms with Gasteiger partial charge in [-0.2, -0.15) is 0 Å². The Balaban J connectivity index is 2.04. The lowest BCUT2D eigenvalue weighted by molar-refractivity contribution is 0.444. The first-order valence-electron chi connectivity index (χ1n) is 7.06. The van der Waals surface area contributed by atoms with Gasteiger partial charge in [-0.25, -0.2) is 12.7 Å². The summed E-state index contributed by atoms with van der Waals surface area (Å²) in [4.78, 5) is 0.378. The first-order chi connectivity index (χ1) is 9.45. The minimum atomic E-state index is -3.35. The third-order valence-corrected chi connectivity index (χ3v) is 6.10. The van der Waals surface area contributed by atoms with E-state index in [2.05, 4.69) is 6.92 Å². The van der Waals surface area contributed by atoms with Crippen LogP contribution in [-0.2, 0) is 16.4 Å². The van der Waals surface area contributed by atoms with Crippen LogP contribution in [0, 0.1) is 11.8 Å². The molecule has 5 heteroatoms. The number of nitrogens with zero attached hydrogens (tertiary/aromatic N) is 1. The molecule has 112 valence electrons. The monoisotopic (exact) mass is 315 g/mol. The van der Waals surface area contributed by atoms with Crippen molar-refractivity contribution >= 4 is 21.6 Å². The molecule has 20 heavy (non-hydrogen) atoms. The molecule has 1 aliphatic carbocycles. The lowest BCUT2D eigenvalue weighted by Gasteiger charge is -2.17. The van der Waals surface area contributed by atoms with E-state index in [1.165, 1.54) is 4.31 Å². The largest absolute Gasteiger partial charge is 0.242 e. The van der Waals surface area contributed by atoms with Gasteiger partial charge in [0, 0.05) is 19.5 Å². The van der Waals surface area contributed by atoms with E-state index in [9.17, 15) is 8.42 Å². The molecule has 0 heterocycles. The van der Waals surface area contributed by atoms with E-state index in [0.29, 0.717) is 29.2 Å². The maximum absolute atomic E-state index is 12.4. The van der Waals surface area contributed by atoms with E-state index in [-0.39, 0.29) is 0 Å². The highest BCUT2D eigenvalue weighted by Crippen LogP contribution is 2.38. The van der Waals surface area contributed by atoms with Crippen LogP contribution in [0.5, 0.6) is 0 Å². The van der Waals surface area contributed by atoms with E-state index in [0.717, 1.165) is 24.8 Å². The first-order valence-corrected chi connectivity index (χ1v) is 9.04. The van der Waals surface area contributed by atoms with Gasteiger partial charge in [-0.05, 0) is 48.8 Å². The summed E-state index contributed by atoms with van der Waals surface area (Å²) in [5.74, 6) is 1.81. The van der Waals surface area contributed by atoms with Crippen LogP contribution in [-0.4, -0.2) is 32.2 Å². The number of hydrogen-bond acceptors (Lipinski definition) is 2. The number of rotatable bonds is 7. The molecule has 0 amide bonds. The molecule has 0 saturated heterocycles. The minimum Gasteiger partial charge on any atom is -0.207 e. The van der Waals surface area contributed by atoms with Crippen molar-refractivity contribution in [3.63, 3.8) is 0 Å². The number of hydrogen-bond donors (Lipinski definition) is 0. The molecule has 1 fully saturated rings. The summed E-state index contributed by atoms with van der Waals surface area (Å²) in [6.07, 6.45) is 2.93. The van der Waals surface area contributed by atoms with E-state index in [4.69, 9.17) is 11.6 Å². The Morgan fingerprint density at radius 1 is 1.30 bits per heavy atom. The highest BCUT2D eigenvalue weighted by atomic mass is 35.5. The predicted octanol–water partition coefficient (Wildman–Crippen LogP) is 3.13. The van der Waals surface area contributed by atoms with Crippen LogP contribution in [0.2, 0.25) is 0 Å². The summed E-state index contributed by atoms with van der Waals surface area (Å²) in [6, 6.07) is 7.16. The highest BCUT2D eigenvalue weighted by Gasteiger charge is 2.36. The molecule has 2 rings (SSSR count). The second kappa shape index (κ2) is 6.46. The van der Waals surface area contributed by atoms with Crippen molar-refractivity contribution in [2.24, 2.45) is 11.8 Å². The molecule has 1 aromatic rings. The lowest BCUT2D eigenvalue weighted by atomic mass is 10.1. The van der Waals surface area contributed by atoms with Gasteiger partial charge in [0.1, 0.15) is 0 Å². The summed E-state index contributed by atoms with van der Waals surface area (Å²) in [7, 11) is -1.68. The Hall–Kier alpha value is -0.580. The fourth-order valence-electron chi connectivity index (χ4n) is 2.36. The third kappa shape index (κ3) is 3.74. The fourth-order valence-corrected chi connectivity index (χ4v) is 3.72. The lowest BCUT2D eigenvalue weighted by Crippen LogP contribution is -2.29. The van der Waals surface area contributed by atoms with Crippen molar-refractivity contribution in [3.8, 4) is 0 Å². The molecule has 0 aliphatic heterocycles. The quantitative estimate of drug-likeness (QED) is 0.725. The Morgan fingerprint density at radius 3 is 2.40 bits per heavy atom. The van der Waals surface area contributed by atoms with E-state index in [1.807, 2.05) is 12.1 Å². The van der Waals surface area contributed by atoms with Gasteiger partial charge < -0.3 is 0 Å². The summed E-state index contributed by atoms with van der Waals surface area (Å²) in [6.45, 7) is 2.79. The first kappa shape index (κ1) is 15.8. The van der Waals surface area contributed by atoms with Crippen molar-refractivity contribution in [1.29, 1.82) is 0 Å². The molecule has 0 aromatic heterocycles. The van der Waals surface area contributed by atoms with E-state index >= 15 is 0 Å². The maximum atomic E-state index is 12.4. The zero-order valence-electron chi connectivity index (χ0n) is 12.0. The van der Waals surface area contributed by atoms with Crippen LogP contribution in [0.1, 0.15) is 25.3 Å². The average Bonchev–Trinajstić information content (AvgIpc) is 3.12. The second-order valence-electron chi connectivity index (χ2n) is 5.70. The molecular formula is C15H22ClNO2S. The number of aryl methyl sites for hydroxylation is 1. The predicted molar refractivity (Wildman–Crippen MR) is 82.6 cm³/mol. The zero-order chi connectivity index (χ0) is 14.8. The molecule has 0 bridgehead atoms. The molecule has 3 nitrogen and oxygen atoms in total. The summed E-state index contributed by atoms with van der Waals surface area (Å²) >= 11 is 5.66. The minimum absolute atomic E-state index is 0.378. The molecular weight excluding hydrogens is 294 g/mol. The van der Waals surface area contributed by atoms with Crippen LogP contribution in [0.15, 0.2) is 29.2 Å². The van der Waals surface area contributed by atoms with Gasteiger partial charge in [-0.15, -0.1) is 11.6 Å². The van der Waals surface area contributed by atoms with Gasteiger partial charge in [-0.1, -0.05) is 19.1 Å². The van der Waals surface area contributed by atoms with Crippen LogP contribution in [0.3, 0.4) is 0 Å². The Labute approximate surface area is 127 Å². The van der Waals surface area contributed by atoms with Gasteiger partial charge in [0.2, 0.25) is 10.0 Å². The highest BCUT2D eigenvalue weighted by molar-refractivity contribution is 7.89. The fraction of sp³-hybridized carbons (Fsp3) is 0.600. The van der Waals surface area contributed by atoms with Crippen LogP contribution in [0.25, 0.3) is 0 Å². The smallest absolute Gasteiger partial charge is 0.207 e. The maximum Gasteiger partial charge on any atom is 0.242 e. The SMILES string of the molecule is CC1CC1CN(C)S(=O)(=O)c1ccc(CCCCl)cc1. The topological polar surface area (TPSA) is 37.4 Å². The van der Waals surface area contributed by atoms with Crippen molar-refractivity contribution in [1.82, 2.24) is 4.31 Å². The van der Waals surface area contributed by atoms with Gasteiger partial charge in [-0.3, -0.25) is 0 Å². The Morgan fingerprint density at radius 2 is 1.90 bits per heavy atom. The third-order valence-electron chi connectivity index (χ3n) is 4.00. The number of halogens is 1. The Kier molecular flexibility index (Phi) is 5.10. The molecule has 2 unspecified atom stereocenters. The van der Waals surface area contributed by atoms with E-state index in [1.54, 1.807) is 19.2 Å². The van der Waals surface area contributed by atoms with Gasteiger partial charge in [0.15, 0.2) is 0 Å². The normalized spacial score (nSPS) is 22.2. The van der Waals surface area contributed by atoms with Crippen molar-refractivity contribution in [3.05, 3.63) is 29.8 Å². The number of sulfonamides is 1. The number of benzene rings is 1. The molecule has 1 saturated carbocycles. The van der Waals surface area contributed by atoms with Gasteiger partial charge in [0.25, 0.3) is 0 Å². The van der Waals surface area contributed by atoms with Gasteiger partial charge >= 0.3 is 0 Å². The van der Waals surface area contributed by atoms with Crippen LogP contribution < -0.4 is 0 Å². The van der Waals surface area contributed by atoms with Crippen LogP contribution in [0.4, 0.5) is 0 Å². The molecule has 2 atom stereocenters. The van der Waals surface area contributed by atoms with Crippen LogP contribution >= 0.6 is 11.6 Å². The summed E-state index contributed by atoms with van der Waals surface area (Å²) in [5, 5.41) is 0. The molecule has 1 aliphatic rings.